The highest BCUT2D eigenvalue weighted by Crippen LogP contribution is 2.37. The first-order valence-electron chi connectivity index (χ1n) is 12.6. The number of nitrogens with one attached hydrogen (secondary N) is 1. The number of rotatable bonds is 5. The van der Waals surface area contributed by atoms with Crippen molar-refractivity contribution in [1.29, 1.82) is 0 Å². The highest BCUT2D eigenvalue weighted by molar-refractivity contribution is 5.96. The topological polar surface area (TPSA) is 73.9 Å². The number of pyridine rings is 2. The quantitative estimate of drug-likeness (QED) is 0.417. The van der Waals surface area contributed by atoms with Crippen LogP contribution in [0.3, 0.4) is 0 Å². The minimum Gasteiger partial charge on any atom is -0.368 e. The number of nitrogens with zero attached hydrogens (tertiary/aromatic N) is 7. The lowest BCUT2D eigenvalue weighted by Crippen LogP contribution is -2.44. The third kappa shape index (κ3) is 5.09. The average molecular weight is 483 g/mol. The van der Waals surface area contributed by atoms with Crippen molar-refractivity contribution in [1.82, 2.24) is 19.5 Å². The molecule has 0 amide bonds. The van der Waals surface area contributed by atoms with Crippen molar-refractivity contribution in [3.63, 3.8) is 0 Å². The molecule has 1 aliphatic heterocycles. The van der Waals surface area contributed by atoms with E-state index in [9.17, 15) is 0 Å². The van der Waals surface area contributed by atoms with Crippen LogP contribution in [-0.4, -0.2) is 65.4 Å². The van der Waals surface area contributed by atoms with E-state index in [4.69, 9.17) is 5.10 Å². The van der Waals surface area contributed by atoms with Crippen molar-refractivity contribution >= 4 is 29.8 Å². The number of hydrogen-bond donors (Lipinski definition) is 1. The van der Waals surface area contributed by atoms with Gasteiger partial charge in [0.15, 0.2) is 0 Å². The van der Waals surface area contributed by atoms with E-state index in [-0.39, 0.29) is 0 Å². The predicted octanol–water partition coefficient (Wildman–Crippen LogP) is 4.81. The number of anilines is 2. The van der Waals surface area contributed by atoms with Gasteiger partial charge in [-0.2, -0.15) is 0 Å². The summed E-state index contributed by atoms with van der Waals surface area (Å²) in [5.74, 6) is 1.10. The summed E-state index contributed by atoms with van der Waals surface area (Å²) in [7, 11) is 2.16. The molecule has 2 aliphatic rings. The van der Waals surface area contributed by atoms with Gasteiger partial charge in [-0.25, -0.2) is 14.7 Å². The van der Waals surface area contributed by atoms with Gasteiger partial charge in [-0.15, -0.1) is 5.10 Å². The Labute approximate surface area is 213 Å². The summed E-state index contributed by atoms with van der Waals surface area (Å²) in [5.41, 5.74) is 7.88. The molecule has 0 saturated carbocycles. The third-order valence-electron chi connectivity index (χ3n) is 6.91. The zero-order valence-electron chi connectivity index (χ0n) is 21.4. The minimum absolute atomic E-state index is 0.408. The first kappa shape index (κ1) is 23.9. The lowest BCUT2D eigenvalue weighted by molar-refractivity contribution is 0.313. The third-order valence-corrected chi connectivity index (χ3v) is 6.91. The van der Waals surface area contributed by atoms with Crippen LogP contribution in [0.15, 0.2) is 58.9 Å². The number of likely N-dealkylation sites (N-methyl/N-ethyl adjacent to an activating group) is 1. The molecule has 0 unspecified atom stereocenters. The maximum absolute atomic E-state index is 4.89. The molecule has 1 fully saturated rings. The van der Waals surface area contributed by atoms with Gasteiger partial charge >= 0.3 is 0 Å². The number of aryl methyl sites for hydroxylation is 2. The van der Waals surface area contributed by atoms with Crippen LogP contribution in [0.4, 0.5) is 11.5 Å². The minimum atomic E-state index is 0.408. The molecule has 0 spiro atoms. The molecule has 186 valence electrons. The van der Waals surface area contributed by atoms with Crippen molar-refractivity contribution in [2.24, 2.45) is 10.1 Å². The van der Waals surface area contributed by atoms with Crippen LogP contribution < -0.4 is 10.2 Å². The zero-order valence-corrected chi connectivity index (χ0v) is 21.4. The summed E-state index contributed by atoms with van der Waals surface area (Å²) < 4.78 is 1.98. The molecule has 8 heteroatoms. The molecule has 3 aromatic heterocycles. The number of aliphatic imine (C=N–C) groups is 1. The molecule has 4 heterocycles. The van der Waals surface area contributed by atoms with Crippen molar-refractivity contribution in [3.05, 3.63) is 65.9 Å². The molecule has 0 bridgehead atoms. The fraction of sp³-hybridized carbons (Fsp3) is 0.357. The van der Waals surface area contributed by atoms with E-state index in [1.807, 2.05) is 30.1 Å². The second kappa shape index (κ2) is 10.5. The molecule has 36 heavy (non-hydrogen) atoms. The summed E-state index contributed by atoms with van der Waals surface area (Å²) in [6, 6.07) is 10.4. The van der Waals surface area contributed by atoms with Gasteiger partial charge < -0.3 is 15.1 Å². The smallest absolute Gasteiger partial charge is 0.245 e. The normalized spacial score (nSPS) is 16.8. The van der Waals surface area contributed by atoms with Crippen LogP contribution in [0.1, 0.15) is 36.3 Å². The summed E-state index contributed by atoms with van der Waals surface area (Å²) in [6.07, 6.45) is 9.39. The van der Waals surface area contributed by atoms with E-state index in [1.165, 1.54) is 5.57 Å². The zero-order chi connectivity index (χ0) is 25.1. The van der Waals surface area contributed by atoms with Crippen LogP contribution in [0.5, 0.6) is 0 Å². The Hall–Kier alpha value is -3.78. The van der Waals surface area contributed by atoms with Crippen molar-refractivity contribution in [2.45, 2.75) is 33.1 Å². The Bertz CT molecular complexity index is 1290. The van der Waals surface area contributed by atoms with E-state index < -0.39 is 0 Å². The number of piperazine rings is 1. The lowest BCUT2D eigenvalue weighted by Gasteiger charge is -2.33. The molecule has 0 aromatic carbocycles. The Morgan fingerprint density at radius 2 is 1.89 bits per heavy atom. The largest absolute Gasteiger partial charge is 0.368 e. The van der Waals surface area contributed by atoms with Crippen molar-refractivity contribution in [2.75, 3.05) is 43.4 Å². The molecular formula is C28H34N8. The van der Waals surface area contributed by atoms with Gasteiger partial charge in [-0.1, -0.05) is 6.08 Å². The van der Waals surface area contributed by atoms with Crippen LogP contribution in [0.25, 0.3) is 16.7 Å². The van der Waals surface area contributed by atoms with Crippen LogP contribution in [0.2, 0.25) is 0 Å². The number of allylic oxidation sites excluding steroid dienone is 2. The number of hydrogen-bond acceptors (Lipinski definition) is 5. The average Bonchev–Trinajstić information content (AvgIpc) is 3.53. The highest BCUT2D eigenvalue weighted by Gasteiger charge is 2.21. The van der Waals surface area contributed by atoms with Crippen LogP contribution in [0, 0.1) is 13.8 Å². The predicted molar refractivity (Wildman–Crippen MR) is 149 cm³/mol. The van der Waals surface area contributed by atoms with E-state index in [1.54, 1.807) is 0 Å². The molecule has 1 N–H and O–H groups in total. The fourth-order valence-electron chi connectivity index (χ4n) is 4.90. The second-order valence-corrected chi connectivity index (χ2v) is 9.57. The molecular weight excluding hydrogens is 448 g/mol. The van der Waals surface area contributed by atoms with Crippen LogP contribution >= 0.6 is 0 Å². The Balaban J connectivity index is 1.44. The highest BCUT2D eigenvalue weighted by atomic mass is 15.4. The Morgan fingerprint density at radius 1 is 1.06 bits per heavy atom. The molecule has 3 aromatic rings. The lowest BCUT2D eigenvalue weighted by atomic mass is 10.0. The first-order chi connectivity index (χ1) is 17.5. The van der Waals surface area contributed by atoms with Gasteiger partial charge in [0.25, 0.3) is 0 Å². The Kier molecular flexibility index (Phi) is 6.95. The molecule has 0 radical (unpaired) electrons. The van der Waals surface area contributed by atoms with Crippen molar-refractivity contribution < 1.29 is 0 Å². The molecule has 5 rings (SSSR count). The van der Waals surface area contributed by atoms with E-state index in [0.29, 0.717) is 11.8 Å². The van der Waals surface area contributed by atoms with Gasteiger partial charge in [-0.3, -0.25) is 4.98 Å². The summed E-state index contributed by atoms with van der Waals surface area (Å²) in [5, 5.41) is 8.14. The monoisotopic (exact) mass is 482 g/mol. The van der Waals surface area contributed by atoms with Gasteiger partial charge in [-0.05, 0) is 88.3 Å². The Morgan fingerprint density at radius 3 is 2.56 bits per heavy atom. The standard InChI is InChI=1S/C28H34N8/c1-20-17-23(11-12-30-20)25-18-21(2)36(27(25)22-7-5-6-8-22)33-28(29-3)32-26-10-9-24(19-31-26)35-15-13-34(4)14-16-35/h7,9-12,17-19H,3,5-6,8,13-16H2,1-2,4H3,(H,31,32,33). The molecule has 1 saturated heterocycles. The van der Waals surface area contributed by atoms with E-state index >= 15 is 0 Å². The van der Waals surface area contributed by atoms with Gasteiger partial charge in [0.05, 0.1) is 17.6 Å². The number of guanidine groups is 1. The first-order valence-corrected chi connectivity index (χ1v) is 12.6. The summed E-state index contributed by atoms with van der Waals surface area (Å²) >= 11 is 0. The van der Waals surface area contributed by atoms with Crippen LogP contribution in [-0.2, 0) is 0 Å². The SMILES string of the molecule is C=N/C(=N\n1c(C)cc(-c2ccnc(C)c2)c1C1=CCCC1)Nc1ccc(N2CCN(C)CC2)cn1. The van der Waals surface area contributed by atoms with Gasteiger partial charge in [0.1, 0.15) is 5.82 Å². The maximum Gasteiger partial charge on any atom is 0.245 e. The van der Waals surface area contributed by atoms with E-state index in [2.05, 4.69) is 81.1 Å². The molecule has 1 aliphatic carbocycles. The molecule has 8 nitrogen and oxygen atoms in total. The fourth-order valence-corrected chi connectivity index (χ4v) is 4.90. The number of aromatic nitrogens is 3. The van der Waals surface area contributed by atoms with Crippen molar-refractivity contribution in [3.8, 4) is 11.1 Å². The maximum atomic E-state index is 4.89. The van der Waals surface area contributed by atoms with Gasteiger partial charge in [0.2, 0.25) is 5.96 Å². The van der Waals surface area contributed by atoms with Gasteiger partial charge in [0, 0.05) is 49.3 Å². The summed E-state index contributed by atoms with van der Waals surface area (Å²) in [4.78, 5) is 17.9. The second-order valence-electron chi connectivity index (χ2n) is 9.57. The molecule has 0 atom stereocenters. The van der Waals surface area contributed by atoms with E-state index in [0.717, 1.165) is 79.3 Å². The summed E-state index contributed by atoms with van der Waals surface area (Å²) in [6.45, 7) is 12.0.